The van der Waals surface area contributed by atoms with Gasteiger partial charge >= 0.3 is 0 Å². The molecule has 0 unspecified atom stereocenters. The lowest BCUT2D eigenvalue weighted by molar-refractivity contribution is -0.134. The molecule has 7 heteroatoms. The molecule has 2 fully saturated rings. The van der Waals surface area contributed by atoms with E-state index in [1.165, 1.54) is 0 Å². The number of anilines is 1. The number of nitrogens with one attached hydrogen (secondary N) is 1. The quantitative estimate of drug-likeness (QED) is 0.870. The normalized spacial score (nSPS) is 24.9. The van der Waals surface area contributed by atoms with E-state index in [0.29, 0.717) is 25.6 Å². The second-order valence-electron chi connectivity index (χ2n) is 6.85. The van der Waals surface area contributed by atoms with Gasteiger partial charge in [-0.3, -0.25) is 9.78 Å². The van der Waals surface area contributed by atoms with Crippen LogP contribution in [0.15, 0.2) is 42.9 Å². The summed E-state index contributed by atoms with van der Waals surface area (Å²) >= 11 is 0. The van der Waals surface area contributed by atoms with Crippen molar-refractivity contribution >= 4 is 11.9 Å². The minimum Gasteiger partial charge on any atom is -0.377 e. The third kappa shape index (κ3) is 3.26. The summed E-state index contributed by atoms with van der Waals surface area (Å²) < 4.78 is 5.89. The third-order valence-corrected chi connectivity index (χ3v) is 5.30. The Morgan fingerprint density at radius 3 is 2.88 bits per heavy atom. The van der Waals surface area contributed by atoms with Gasteiger partial charge in [0.2, 0.25) is 11.9 Å². The molecule has 4 heterocycles. The Kier molecular flexibility index (Phi) is 4.79. The monoisotopic (exact) mass is 353 g/mol. The van der Waals surface area contributed by atoms with Gasteiger partial charge in [-0.05, 0) is 31.0 Å². The topological polar surface area (TPSA) is 80.2 Å². The Morgan fingerprint density at radius 1 is 1.23 bits per heavy atom. The molecule has 2 aliphatic heterocycles. The zero-order chi connectivity index (χ0) is 17.8. The molecule has 2 aromatic rings. The van der Waals surface area contributed by atoms with E-state index < -0.39 is 5.41 Å². The second-order valence-corrected chi connectivity index (χ2v) is 6.85. The summed E-state index contributed by atoms with van der Waals surface area (Å²) in [7, 11) is 0. The standard InChI is InChI=1S/C19H23N5O2/c25-17(21-11-5-15-4-1-2-8-20-15)19-7-13-26-16(19)6-12-24(14-19)18-22-9-3-10-23-18/h1-4,8-10,16H,5-7,11-14H2,(H,21,25)/t16-,19-/m0/s1. The number of amides is 1. The van der Waals surface area contributed by atoms with Gasteiger partial charge in [0.05, 0.1) is 11.5 Å². The molecule has 4 rings (SSSR count). The number of fused-ring (bicyclic) bond motifs is 1. The van der Waals surface area contributed by atoms with E-state index in [9.17, 15) is 4.79 Å². The van der Waals surface area contributed by atoms with Crippen molar-refractivity contribution in [2.45, 2.75) is 25.4 Å². The van der Waals surface area contributed by atoms with Crippen molar-refractivity contribution in [1.82, 2.24) is 20.3 Å². The van der Waals surface area contributed by atoms with E-state index in [2.05, 4.69) is 25.2 Å². The fourth-order valence-electron chi connectivity index (χ4n) is 3.92. The average molecular weight is 353 g/mol. The first-order valence-corrected chi connectivity index (χ1v) is 9.10. The lowest BCUT2D eigenvalue weighted by atomic mass is 9.75. The predicted octanol–water partition coefficient (Wildman–Crippen LogP) is 1.22. The Morgan fingerprint density at radius 2 is 2.08 bits per heavy atom. The van der Waals surface area contributed by atoms with Crippen LogP contribution in [-0.2, 0) is 16.0 Å². The molecule has 2 aromatic heterocycles. The highest BCUT2D eigenvalue weighted by Crippen LogP contribution is 2.41. The maximum Gasteiger partial charge on any atom is 0.230 e. The van der Waals surface area contributed by atoms with Crippen LogP contribution >= 0.6 is 0 Å². The van der Waals surface area contributed by atoms with Crippen molar-refractivity contribution in [1.29, 1.82) is 0 Å². The summed E-state index contributed by atoms with van der Waals surface area (Å²) in [6.45, 7) is 2.60. The number of carbonyl (C=O) groups excluding carboxylic acids is 1. The van der Waals surface area contributed by atoms with Gasteiger partial charge in [0.15, 0.2) is 0 Å². The van der Waals surface area contributed by atoms with E-state index in [1.54, 1.807) is 24.7 Å². The van der Waals surface area contributed by atoms with Crippen LogP contribution in [0.25, 0.3) is 0 Å². The number of ether oxygens (including phenoxy) is 1. The van der Waals surface area contributed by atoms with Gasteiger partial charge in [-0.1, -0.05) is 6.07 Å². The molecule has 2 saturated heterocycles. The summed E-state index contributed by atoms with van der Waals surface area (Å²) in [6.07, 6.45) is 7.48. The Bertz CT molecular complexity index is 742. The lowest BCUT2D eigenvalue weighted by Gasteiger charge is -2.42. The third-order valence-electron chi connectivity index (χ3n) is 5.30. The average Bonchev–Trinajstić information content (AvgIpc) is 3.14. The maximum absolute atomic E-state index is 13.1. The molecule has 0 aliphatic carbocycles. The Hall–Kier alpha value is -2.54. The number of piperidine rings is 1. The van der Waals surface area contributed by atoms with Gasteiger partial charge < -0.3 is 15.0 Å². The molecule has 0 spiro atoms. The van der Waals surface area contributed by atoms with Crippen LogP contribution < -0.4 is 10.2 Å². The van der Waals surface area contributed by atoms with Crippen LogP contribution in [0.4, 0.5) is 5.95 Å². The second kappa shape index (κ2) is 7.37. The van der Waals surface area contributed by atoms with Gasteiger partial charge in [0, 0.05) is 56.9 Å². The molecular formula is C19H23N5O2. The van der Waals surface area contributed by atoms with Crippen molar-refractivity contribution in [3.8, 4) is 0 Å². The molecule has 1 amide bonds. The SMILES string of the molecule is O=C(NCCc1ccccn1)[C@]12CCO[C@H]1CCN(c1ncccn1)C2. The first-order valence-electron chi connectivity index (χ1n) is 9.10. The molecule has 7 nitrogen and oxygen atoms in total. The summed E-state index contributed by atoms with van der Waals surface area (Å²) in [4.78, 5) is 28.2. The highest BCUT2D eigenvalue weighted by molar-refractivity contribution is 5.84. The number of carbonyl (C=O) groups is 1. The molecule has 26 heavy (non-hydrogen) atoms. The zero-order valence-electron chi connectivity index (χ0n) is 14.7. The van der Waals surface area contributed by atoms with Crippen molar-refractivity contribution in [2.75, 3.05) is 31.1 Å². The van der Waals surface area contributed by atoms with Gasteiger partial charge in [-0.2, -0.15) is 0 Å². The molecular weight excluding hydrogens is 330 g/mol. The van der Waals surface area contributed by atoms with Crippen molar-refractivity contribution in [3.05, 3.63) is 48.5 Å². The number of pyridine rings is 1. The van der Waals surface area contributed by atoms with Crippen LogP contribution in [0.5, 0.6) is 0 Å². The predicted molar refractivity (Wildman–Crippen MR) is 96.6 cm³/mol. The van der Waals surface area contributed by atoms with Crippen LogP contribution in [-0.4, -0.2) is 53.2 Å². The largest absolute Gasteiger partial charge is 0.377 e. The summed E-state index contributed by atoms with van der Waals surface area (Å²) in [6, 6.07) is 7.63. The van der Waals surface area contributed by atoms with Crippen molar-refractivity contribution in [2.24, 2.45) is 5.41 Å². The molecule has 136 valence electrons. The summed E-state index contributed by atoms with van der Waals surface area (Å²) in [5, 5.41) is 3.11. The lowest BCUT2D eigenvalue weighted by Crippen LogP contribution is -2.57. The number of rotatable bonds is 5. The van der Waals surface area contributed by atoms with Crippen LogP contribution in [0.1, 0.15) is 18.5 Å². The van der Waals surface area contributed by atoms with Crippen molar-refractivity contribution in [3.63, 3.8) is 0 Å². The van der Waals surface area contributed by atoms with Crippen LogP contribution in [0, 0.1) is 5.41 Å². The van der Waals surface area contributed by atoms with Gasteiger partial charge in [-0.15, -0.1) is 0 Å². The first-order chi connectivity index (χ1) is 12.8. The van der Waals surface area contributed by atoms with Gasteiger partial charge in [-0.25, -0.2) is 9.97 Å². The van der Waals surface area contributed by atoms with Crippen LogP contribution in [0.3, 0.4) is 0 Å². The Labute approximate surface area is 152 Å². The van der Waals surface area contributed by atoms with Gasteiger partial charge in [0.1, 0.15) is 0 Å². The molecule has 1 N–H and O–H groups in total. The molecule has 2 aliphatic rings. The van der Waals surface area contributed by atoms with Crippen molar-refractivity contribution < 1.29 is 9.53 Å². The highest BCUT2D eigenvalue weighted by atomic mass is 16.5. The first kappa shape index (κ1) is 16.9. The smallest absolute Gasteiger partial charge is 0.230 e. The van der Waals surface area contributed by atoms with Gasteiger partial charge in [0.25, 0.3) is 0 Å². The van der Waals surface area contributed by atoms with E-state index in [4.69, 9.17) is 4.74 Å². The van der Waals surface area contributed by atoms with Crippen LogP contribution in [0.2, 0.25) is 0 Å². The summed E-state index contributed by atoms with van der Waals surface area (Å²) in [5.74, 6) is 0.745. The molecule has 0 aromatic carbocycles. The maximum atomic E-state index is 13.1. The zero-order valence-corrected chi connectivity index (χ0v) is 14.7. The number of hydrogen-bond acceptors (Lipinski definition) is 6. The molecule has 0 bridgehead atoms. The van der Waals surface area contributed by atoms with E-state index in [-0.39, 0.29) is 12.0 Å². The molecule has 0 radical (unpaired) electrons. The Balaban J connectivity index is 1.44. The fourth-order valence-corrected chi connectivity index (χ4v) is 3.92. The minimum atomic E-state index is -0.526. The van der Waals surface area contributed by atoms with E-state index >= 15 is 0 Å². The number of hydrogen-bond donors (Lipinski definition) is 1. The summed E-state index contributed by atoms with van der Waals surface area (Å²) in [5.41, 5.74) is 0.453. The fraction of sp³-hybridized carbons (Fsp3) is 0.474. The number of nitrogens with zero attached hydrogens (tertiary/aromatic N) is 4. The molecule has 2 atom stereocenters. The van der Waals surface area contributed by atoms with E-state index in [0.717, 1.165) is 31.5 Å². The minimum absolute atomic E-state index is 0.0303. The van der Waals surface area contributed by atoms with E-state index in [1.807, 2.05) is 18.2 Å². The number of aromatic nitrogens is 3. The highest BCUT2D eigenvalue weighted by Gasteiger charge is 2.53. The molecule has 0 saturated carbocycles.